The number of pyridine rings is 1. The Kier molecular flexibility index (Phi) is 7.83. The van der Waals surface area contributed by atoms with Crippen molar-refractivity contribution in [3.63, 3.8) is 0 Å². The smallest absolute Gasteiger partial charge is 0.145 e. The zero-order valence-electron chi connectivity index (χ0n) is 30.1. The molecule has 0 saturated carbocycles. The topological polar surface area (TPSA) is 34.0 Å². The molecule has 0 spiro atoms. The Balaban J connectivity index is 0.890. The number of hydrogen-bond donors (Lipinski definition) is 0. The van der Waals surface area contributed by atoms with Gasteiger partial charge in [0.1, 0.15) is 11.3 Å². The van der Waals surface area contributed by atoms with Gasteiger partial charge in [-0.15, -0.1) is 22.7 Å². The number of aromatic nitrogens is 3. The standard InChI is InChI=1S/C50H32N4S2/c1-2-13-39(14-3-1)53(44-16-8-12-34-10-6-7-15-42(34)44)40-24-22-36(23-25-40)47-31-49-48(56-47)30-46(55-49)35-17-19-37(20-18-35)50-52-43-32-51-28-27-45(43)54(50)41-26-21-33-9-4-5-11-38(33)29-41/h1-32H. The van der Waals surface area contributed by atoms with Gasteiger partial charge < -0.3 is 4.90 Å². The Morgan fingerprint density at radius 1 is 0.482 bits per heavy atom. The van der Waals surface area contributed by atoms with Gasteiger partial charge in [-0.05, 0) is 87.9 Å². The molecule has 4 nitrogen and oxygen atoms in total. The van der Waals surface area contributed by atoms with E-state index in [1.54, 1.807) is 0 Å². The van der Waals surface area contributed by atoms with Gasteiger partial charge in [-0.25, -0.2) is 4.98 Å². The molecule has 6 heteroatoms. The third kappa shape index (κ3) is 5.66. The number of thiophene rings is 2. The molecule has 4 aromatic heterocycles. The fourth-order valence-electron chi connectivity index (χ4n) is 7.79. The summed E-state index contributed by atoms with van der Waals surface area (Å²) in [5.41, 5.74) is 9.92. The Morgan fingerprint density at radius 2 is 1.11 bits per heavy atom. The van der Waals surface area contributed by atoms with Crippen molar-refractivity contribution in [2.75, 3.05) is 4.90 Å². The average molecular weight is 753 g/mol. The third-order valence-corrected chi connectivity index (χ3v) is 12.9. The van der Waals surface area contributed by atoms with E-state index in [-0.39, 0.29) is 0 Å². The Morgan fingerprint density at radius 3 is 1.88 bits per heavy atom. The molecular formula is C50H32N4S2. The maximum Gasteiger partial charge on any atom is 0.145 e. The van der Waals surface area contributed by atoms with Gasteiger partial charge in [0.25, 0.3) is 0 Å². The molecule has 0 bridgehead atoms. The van der Waals surface area contributed by atoms with E-state index in [2.05, 4.69) is 190 Å². The minimum atomic E-state index is 0.877. The van der Waals surface area contributed by atoms with E-state index < -0.39 is 0 Å². The fourth-order valence-corrected chi connectivity index (χ4v) is 10.2. The number of benzene rings is 7. The lowest BCUT2D eigenvalue weighted by Crippen LogP contribution is -2.10. The van der Waals surface area contributed by atoms with E-state index in [0.29, 0.717) is 0 Å². The van der Waals surface area contributed by atoms with Crippen LogP contribution in [0.2, 0.25) is 0 Å². The highest BCUT2D eigenvalue weighted by Crippen LogP contribution is 2.44. The van der Waals surface area contributed by atoms with Crippen LogP contribution in [0.1, 0.15) is 0 Å². The molecule has 0 unspecified atom stereocenters. The summed E-state index contributed by atoms with van der Waals surface area (Å²) >= 11 is 3.70. The predicted octanol–water partition coefficient (Wildman–Crippen LogP) is 14.5. The van der Waals surface area contributed by atoms with Crippen LogP contribution in [0.15, 0.2) is 194 Å². The monoisotopic (exact) mass is 752 g/mol. The summed E-state index contributed by atoms with van der Waals surface area (Å²) in [7, 11) is 0. The number of anilines is 3. The highest BCUT2D eigenvalue weighted by Gasteiger charge is 2.18. The normalized spacial score (nSPS) is 11.6. The molecule has 0 aliphatic heterocycles. The van der Waals surface area contributed by atoms with Gasteiger partial charge >= 0.3 is 0 Å². The average Bonchev–Trinajstić information content (AvgIpc) is 3.97. The molecule has 0 aliphatic rings. The molecule has 7 aromatic carbocycles. The number of nitrogens with zero attached hydrogens (tertiary/aromatic N) is 4. The van der Waals surface area contributed by atoms with E-state index in [4.69, 9.17) is 4.98 Å². The molecule has 4 heterocycles. The zero-order valence-corrected chi connectivity index (χ0v) is 31.7. The first-order valence-corrected chi connectivity index (χ1v) is 20.3. The highest BCUT2D eigenvalue weighted by molar-refractivity contribution is 7.31. The van der Waals surface area contributed by atoms with Gasteiger partial charge in [0.15, 0.2) is 0 Å². The number of para-hydroxylation sites is 1. The van der Waals surface area contributed by atoms with Gasteiger partial charge in [-0.1, -0.05) is 121 Å². The summed E-state index contributed by atoms with van der Waals surface area (Å²) in [6, 6.07) is 65.4. The molecule has 0 radical (unpaired) electrons. The summed E-state index contributed by atoms with van der Waals surface area (Å²) in [6.45, 7) is 0. The summed E-state index contributed by atoms with van der Waals surface area (Å²) in [6.07, 6.45) is 3.68. The fraction of sp³-hybridized carbons (Fsp3) is 0. The van der Waals surface area contributed by atoms with Crippen molar-refractivity contribution >= 4 is 81.7 Å². The van der Waals surface area contributed by atoms with Crippen LogP contribution in [0.5, 0.6) is 0 Å². The Labute approximate surface area is 331 Å². The largest absolute Gasteiger partial charge is 0.310 e. The van der Waals surface area contributed by atoms with Crippen LogP contribution < -0.4 is 4.90 Å². The minimum Gasteiger partial charge on any atom is -0.310 e. The molecule has 264 valence electrons. The van der Waals surface area contributed by atoms with Crippen molar-refractivity contribution in [1.82, 2.24) is 14.5 Å². The van der Waals surface area contributed by atoms with Crippen molar-refractivity contribution in [2.45, 2.75) is 0 Å². The van der Waals surface area contributed by atoms with Crippen LogP contribution in [0.3, 0.4) is 0 Å². The van der Waals surface area contributed by atoms with Gasteiger partial charge in [0.2, 0.25) is 0 Å². The maximum atomic E-state index is 5.07. The molecular weight excluding hydrogens is 721 g/mol. The highest BCUT2D eigenvalue weighted by atomic mass is 32.1. The van der Waals surface area contributed by atoms with Gasteiger partial charge in [0.05, 0.1) is 17.4 Å². The van der Waals surface area contributed by atoms with Crippen molar-refractivity contribution in [2.24, 2.45) is 0 Å². The Hall–Kier alpha value is -6.86. The first-order valence-electron chi connectivity index (χ1n) is 18.6. The molecule has 0 atom stereocenters. The van der Waals surface area contributed by atoms with Gasteiger partial charge in [-0.2, -0.15) is 0 Å². The summed E-state index contributed by atoms with van der Waals surface area (Å²) < 4.78 is 4.86. The van der Waals surface area contributed by atoms with Crippen LogP contribution in [0.4, 0.5) is 17.1 Å². The lowest BCUT2D eigenvalue weighted by molar-refractivity contribution is 1.11. The molecule has 11 aromatic rings. The molecule has 0 N–H and O–H groups in total. The van der Waals surface area contributed by atoms with Crippen LogP contribution >= 0.6 is 22.7 Å². The lowest BCUT2D eigenvalue weighted by atomic mass is 10.1. The second-order valence-electron chi connectivity index (χ2n) is 13.9. The first kappa shape index (κ1) is 32.6. The molecule has 11 rings (SSSR count). The predicted molar refractivity (Wildman–Crippen MR) is 238 cm³/mol. The van der Waals surface area contributed by atoms with Crippen molar-refractivity contribution in [3.05, 3.63) is 194 Å². The molecule has 0 fully saturated rings. The van der Waals surface area contributed by atoms with Gasteiger partial charge in [-0.3, -0.25) is 9.55 Å². The summed E-state index contributed by atoms with van der Waals surface area (Å²) in [5, 5.41) is 4.88. The number of fused-ring (bicyclic) bond motifs is 4. The number of hydrogen-bond acceptors (Lipinski definition) is 5. The Bertz CT molecular complexity index is 3160. The van der Waals surface area contributed by atoms with E-state index in [0.717, 1.165) is 39.5 Å². The quantitative estimate of drug-likeness (QED) is 0.163. The van der Waals surface area contributed by atoms with Crippen LogP contribution in [0, 0.1) is 0 Å². The SMILES string of the molecule is c1ccc(N(c2ccc(-c3cc4sc(-c5ccc(-c6nc7cnccc7n6-c6ccc7ccccc7c6)cc5)cc4s3)cc2)c2cccc3ccccc23)cc1. The van der Waals surface area contributed by atoms with Crippen molar-refractivity contribution in [3.8, 4) is 38.0 Å². The lowest BCUT2D eigenvalue weighted by Gasteiger charge is -2.27. The first-order chi connectivity index (χ1) is 27.7. The zero-order chi connectivity index (χ0) is 37.0. The molecule has 0 amide bonds. The second-order valence-corrected chi connectivity index (χ2v) is 16.1. The van der Waals surface area contributed by atoms with Crippen LogP contribution in [-0.2, 0) is 0 Å². The summed E-state index contributed by atoms with van der Waals surface area (Å²) in [4.78, 5) is 14.3. The molecule has 0 saturated heterocycles. The van der Waals surface area contributed by atoms with E-state index in [1.165, 1.54) is 57.5 Å². The van der Waals surface area contributed by atoms with Crippen LogP contribution in [-0.4, -0.2) is 14.5 Å². The van der Waals surface area contributed by atoms with Crippen molar-refractivity contribution < 1.29 is 0 Å². The molecule has 56 heavy (non-hydrogen) atoms. The van der Waals surface area contributed by atoms with Crippen molar-refractivity contribution in [1.29, 1.82) is 0 Å². The third-order valence-electron chi connectivity index (χ3n) is 10.5. The van der Waals surface area contributed by atoms with Gasteiger partial charge in [0, 0.05) is 53.4 Å². The number of rotatable bonds is 7. The summed E-state index contributed by atoms with van der Waals surface area (Å²) in [5.74, 6) is 0.904. The second kappa shape index (κ2) is 13.5. The molecule has 0 aliphatic carbocycles. The number of imidazole rings is 1. The van der Waals surface area contributed by atoms with Crippen LogP contribution in [0.25, 0.3) is 79.9 Å². The van der Waals surface area contributed by atoms with E-state index in [1.807, 2.05) is 41.1 Å². The minimum absolute atomic E-state index is 0.877. The van der Waals surface area contributed by atoms with E-state index >= 15 is 0 Å². The van der Waals surface area contributed by atoms with E-state index in [9.17, 15) is 0 Å². The maximum absolute atomic E-state index is 5.07.